The molecule has 0 unspecified atom stereocenters. The lowest BCUT2D eigenvalue weighted by Gasteiger charge is -2.09. The lowest BCUT2D eigenvalue weighted by atomic mass is 10.1. The van der Waals surface area contributed by atoms with Crippen molar-refractivity contribution in [1.29, 1.82) is 0 Å². The van der Waals surface area contributed by atoms with Crippen LogP contribution in [0.25, 0.3) is 10.9 Å². The van der Waals surface area contributed by atoms with Crippen molar-refractivity contribution in [3.8, 4) is 11.5 Å². The number of aromatic carboxylic acids is 1. The standard InChI is InChI=1S/C16H11N3O6/c20-16(21)11-6-9-10(2-3-12(19(22)23)15(9)18-11)17-8-1-4-13-14(5-8)25-7-24-13/h1-6,17-18H,7H2,(H,20,21). The molecule has 2 heterocycles. The van der Waals surface area contributed by atoms with Gasteiger partial charge in [-0.15, -0.1) is 0 Å². The van der Waals surface area contributed by atoms with Gasteiger partial charge in [0.15, 0.2) is 11.5 Å². The molecule has 0 atom stereocenters. The van der Waals surface area contributed by atoms with Crippen LogP contribution in [0.3, 0.4) is 0 Å². The summed E-state index contributed by atoms with van der Waals surface area (Å²) in [5.41, 5.74) is 1.03. The van der Waals surface area contributed by atoms with Crippen molar-refractivity contribution in [1.82, 2.24) is 4.98 Å². The van der Waals surface area contributed by atoms with Crippen molar-refractivity contribution in [3.63, 3.8) is 0 Å². The van der Waals surface area contributed by atoms with Gasteiger partial charge in [0, 0.05) is 28.9 Å². The summed E-state index contributed by atoms with van der Waals surface area (Å²) in [6.07, 6.45) is 0. The van der Waals surface area contributed by atoms with E-state index in [2.05, 4.69) is 10.3 Å². The fourth-order valence-corrected chi connectivity index (χ4v) is 2.71. The molecule has 1 aliphatic rings. The zero-order chi connectivity index (χ0) is 17.6. The Morgan fingerprint density at radius 1 is 1.20 bits per heavy atom. The molecule has 0 fully saturated rings. The molecule has 0 aliphatic carbocycles. The summed E-state index contributed by atoms with van der Waals surface area (Å²) >= 11 is 0. The second kappa shape index (κ2) is 5.41. The Bertz CT molecular complexity index is 1030. The fraction of sp³-hybridized carbons (Fsp3) is 0.0625. The van der Waals surface area contributed by atoms with Crippen LogP contribution in [0.15, 0.2) is 36.4 Å². The van der Waals surface area contributed by atoms with Gasteiger partial charge in [-0.05, 0) is 24.3 Å². The Morgan fingerprint density at radius 3 is 2.76 bits per heavy atom. The van der Waals surface area contributed by atoms with Crippen LogP contribution in [-0.2, 0) is 0 Å². The fourth-order valence-electron chi connectivity index (χ4n) is 2.71. The van der Waals surface area contributed by atoms with Crippen LogP contribution in [0, 0.1) is 10.1 Å². The molecule has 25 heavy (non-hydrogen) atoms. The van der Waals surface area contributed by atoms with Crippen LogP contribution in [0.1, 0.15) is 10.5 Å². The summed E-state index contributed by atoms with van der Waals surface area (Å²) in [6.45, 7) is 0.153. The molecule has 9 heteroatoms. The van der Waals surface area contributed by atoms with Gasteiger partial charge in [-0.1, -0.05) is 0 Å². The van der Waals surface area contributed by atoms with Crippen molar-refractivity contribution in [2.75, 3.05) is 12.1 Å². The molecule has 0 saturated heterocycles. The summed E-state index contributed by atoms with van der Waals surface area (Å²) in [5.74, 6) is 0.0252. The number of rotatable bonds is 4. The minimum absolute atomic E-state index is 0.127. The van der Waals surface area contributed by atoms with Gasteiger partial charge < -0.3 is 24.9 Å². The SMILES string of the molecule is O=C(O)c1cc2c(Nc3ccc4c(c3)OCO4)ccc([N+](=O)[O-])c2[nH]1. The number of carboxylic acid groups (broad SMARTS) is 1. The number of carbonyl (C=O) groups is 1. The highest BCUT2D eigenvalue weighted by Crippen LogP contribution is 2.37. The highest BCUT2D eigenvalue weighted by atomic mass is 16.7. The zero-order valence-electron chi connectivity index (χ0n) is 12.6. The van der Waals surface area contributed by atoms with Gasteiger partial charge in [-0.2, -0.15) is 0 Å². The highest BCUT2D eigenvalue weighted by Gasteiger charge is 2.20. The second-order valence-corrected chi connectivity index (χ2v) is 5.36. The van der Waals surface area contributed by atoms with Crippen LogP contribution >= 0.6 is 0 Å². The Hall–Kier alpha value is -3.75. The Kier molecular flexibility index (Phi) is 3.21. The molecule has 0 spiro atoms. The normalized spacial score (nSPS) is 12.3. The third-order valence-corrected chi connectivity index (χ3v) is 3.85. The molecule has 4 rings (SSSR count). The predicted octanol–water partition coefficient (Wildman–Crippen LogP) is 3.25. The predicted molar refractivity (Wildman–Crippen MR) is 87.8 cm³/mol. The van der Waals surface area contributed by atoms with Crippen molar-refractivity contribution in [2.45, 2.75) is 0 Å². The maximum atomic E-state index is 11.2. The summed E-state index contributed by atoms with van der Waals surface area (Å²) in [7, 11) is 0. The number of aromatic amines is 1. The van der Waals surface area contributed by atoms with Gasteiger partial charge >= 0.3 is 5.97 Å². The van der Waals surface area contributed by atoms with E-state index in [4.69, 9.17) is 14.6 Å². The quantitative estimate of drug-likeness (QED) is 0.491. The van der Waals surface area contributed by atoms with Gasteiger partial charge in [-0.3, -0.25) is 10.1 Å². The number of nitrogens with zero attached hydrogens (tertiary/aromatic N) is 1. The van der Waals surface area contributed by atoms with Gasteiger partial charge in [0.2, 0.25) is 6.79 Å². The molecule has 0 bridgehead atoms. The number of nitrogens with one attached hydrogen (secondary N) is 2. The van der Waals surface area contributed by atoms with E-state index in [0.717, 1.165) is 0 Å². The minimum Gasteiger partial charge on any atom is -0.477 e. The molecule has 1 aliphatic heterocycles. The third-order valence-electron chi connectivity index (χ3n) is 3.85. The number of nitro groups is 1. The Labute approximate surface area is 139 Å². The van der Waals surface area contributed by atoms with E-state index in [1.807, 2.05) is 0 Å². The number of benzene rings is 2. The smallest absolute Gasteiger partial charge is 0.352 e. The molecule has 0 saturated carbocycles. The maximum Gasteiger partial charge on any atom is 0.352 e. The van der Waals surface area contributed by atoms with E-state index in [0.29, 0.717) is 28.3 Å². The van der Waals surface area contributed by atoms with E-state index >= 15 is 0 Å². The van der Waals surface area contributed by atoms with E-state index in [1.54, 1.807) is 18.2 Å². The summed E-state index contributed by atoms with van der Waals surface area (Å²) < 4.78 is 10.6. The van der Waals surface area contributed by atoms with Crippen LogP contribution < -0.4 is 14.8 Å². The molecule has 126 valence electrons. The molecular formula is C16H11N3O6. The molecule has 3 N–H and O–H groups in total. The molecule has 2 aromatic carbocycles. The van der Waals surface area contributed by atoms with E-state index in [-0.39, 0.29) is 23.7 Å². The zero-order valence-corrected chi connectivity index (χ0v) is 12.6. The molecule has 0 radical (unpaired) electrons. The van der Waals surface area contributed by atoms with E-state index in [9.17, 15) is 14.9 Å². The average Bonchev–Trinajstić information content (AvgIpc) is 3.21. The number of aromatic nitrogens is 1. The topological polar surface area (TPSA) is 127 Å². The van der Waals surface area contributed by atoms with Crippen LogP contribution in [0.2, 0.25) is 0 Å². The molecule has 1 aromatic heterocycles. The molecule has 9 nitrogen and oxygen atoms in total. The van der Waals surface area contributed by atoms with Crippen LogP contribution in [0.4, 0.5) is 17.1 Å². The first kappa shape index (κ1) is 14.8. The first-order chi connectivity index (χ1) is 12.0. The molecular weight excluding hydrogens is 330 g/mol. The van der Waals surface area contributed by atoms with E-state index in [1.165, 1.54) is 18.2 Å². The monoisotopic (exact) mass is 341 g/mol. The number of ether oxygens (including phenoxy) is 2. The van der Waals surface area contributed by atoms with Gasteiger partial charge in [0.25, 0.3) is 5.69 Å². The number of hydrogen-bond donors (Lipinski definition) is 3. The van der Waals surface area contributed by atoms with Crippen molar-refractivity contribution in [3.05, 3.63) is 52.2 Å². The summed E-state index contributed by atoms with van der Waals surface area (Å²) in [4.78, 5) is 24.4. The highest BCUT2D eigenvalue weighted by molar-refractivity contribution is 6.03. The third kappa shape index (κ3) is 2.47. The lowest BCUT2D eigenvalue weighted by Crippen LogP contribution is -1.95. The van der Waals surface area contributed by atoms with Crippen LogP contribution in [-0.4, -0.2) is 27.8 Å². The van der Waals surface area contributed by atoms with Crippen molar-refractivity contribution >= 4 is 33.9 Å². The number of fused-ring (bicyclic) bond motifs is 2. The number of anilines is 2. The van der Waals surface area contributed by atoms with Gasteiger partial charge in [0.05, 0.1) is 4.92 Å². The summed E-state index contributed by atoms with van der Waals surface area (Å²) in [6, 6.07) is 9.46. The number of carboxylic acids is 1. The number of nitro benzene ring substituents is 1. The van der Waals surface area contributed by atoms with Crippen molar-refractivity contribution in [2.24, 2.45) is 0 Å². The second-order valence-electron chi connectivity index (χ2n) is 5.36. The van der Waals surface area contributed by atoms with E-state index < -0.39 is 10.9 Å². The van der Waals surface area contributed by atoms with Crippen molar-refractivity contribution < 1.29 is 24.3 Å². The molecule has 3 aromatic rings. The number of H-pyrrole nitrogens is 1. The average molecular weight is 341 g/mol. The minimum atomic E-state index is -1.19. The Morgan fingerprint density at radius 2 is 2.00 bits per heavy atom. The number of hydrogen-bond acceptors (Lipinski definition) is 6. The van der Waals surface area contributed by atoms with Gasteiger partial charge in [0.1, 0.15) is 11.2 Å². The van der Waals surface area contributed by atoms with Gasteiger partial charge in [-0.25, -0.2) is 4.79 Å². The first-order valence-corrected chi connectivity index (χ1v) is 7.23. The summed E-state index contributed by atoms with van der Waals surface area (Å²) in [5, 5.41) is 23.9. The largest absolute Gasteiger partial charge is 0.477 e. The maximum absolute atomic E-state index is 11.2. The number of non-ortho nitro benzene ring substituents is 1. The van der Waals surface area contributed by atoms with Crippen LogP contribution in [0.5, 0.6) is 11.5 Å². The molecule has 0 amide bonds. The lowest BCUT2D eigenvalue weighted by molar-refractivity contribution is -0.383. The Balaban J connectivity index is 1.80. The first-order valence-electron chi connectivity index (χ1n) is 7.23.